The SMILES string of the molecule is CC(C)COC(=O)CC(O)CCCB1O[C@@H]2C[C@@H]3C[C@@H](C3(C)C)[C@]2(C)O1. The molecule has 4 aliphatic rings. The molecule has 0 aromatic heterocycles. The van der Waals surface area contributed by atoms with Crippen molar-refractivity contribution in [1.82, 2.24) is 0 Å². The third-order valence-electron chi connectivity index (χ3n) is 6.96. The molecule has 0 radical (unpaired) electrons. The minimum absolute atomic E-state index is 0.0668. The summed E-state index contributed by atoms with van der Waals surface area (Å²) in [6.07, 6.45) is 4.09. The molecule has 2 bridgehead atoms. The van der Waals surface area contributed by atoms with E-state index >= 15 is 0 Å². The number of aliphatic hydroxyl groups is 1. The lowest BCUT2D eigenvalue weighted by Crippen LogP contribution is -2.65. The molecule has 0 spiro atoms. The Morgan fingerprint density at radius 2 is 2.04 bits per heavy atom. The van der Waals surface area contributed by atoms with Crippen LogP contribution >= 0.6 is 0 Å². The fraction of sp³-hybridized carbons (Fsp3) is 0.950. The first-order chi connectivity index (χ1) is 12.1. The lowest BCUT2D eigenvalue weighted by atomic mass is 9.43. The van der Waals surface area contributed by atoms with Gasteiger partial charge in [0, 0.05) is 0 Å². The Morgan fingerprint density at radius 3 is 2.69 bits per heavy atom. The van der Waals surface area contributed by atoms with E-state index in [0.29, 0.717) is 30.3 Å². The van der Waals surface area contributed by atoms with E-state index in [1.165, 1.54) is 6.42 Å². The molecule has 26 heavy (non-hydrogen) atoms. The predicted molar refractivity (Wildman–Crippen MR) is 101 cm³/mol. The topological polar surface area (TPSA) is 65.0 Å². The fourth-order valence-corrected chi connectivity index (χ4v) is 5.21. The van der Waals surface area contributed by atoms with Gasteiger partial charge in [-0.15, -0.1) is 0 Å². The van der Waals surface area contributed by atoms with Gasteiger partial charge in [0.05, 0.1) is 30.8 Å². The highest BCUT2D eigenvalue weighted by atomic mass is 16.7. The van der Waals surface area contributed by atoms with Gasteiger partial charge in [-0.2, -0.15) is 0 Å². The zero-order chi connectivity index (χ0) is 19.1. The highest BCUT2D eigenvalue weighted by molar-refractivity contribution is 6.45. The van der Waals surface area contributed by atoms with Gasteiger partial charge in [-0.05, 0) is 55.7 Å². The summed E-state index contributed by atoms with van der Waals surface area (Å²) >= 11 is 0. The van der Waals surface area contributed by atoms with E-state index < -0.39 is 6.10 Å². The van der Waals surface area contributed by atoms with E-state index in [1.54, 1.807) is 0 Å². The van der Waals surface area contributed by atoms with Crippen LogP contribution in [0.15, 0.2) is 0 Å². The number of hydrogen-bond donors (Lipinski definition) is 1. The molecule has 5 nitrogen and oxygen atoms in total. The molecule has 3 saturated carbocycles. The number of carbonyl (C=O) groups excluding carboxylic acids is 1. The number of hydrogen-bond acceptors (Lipinski definition) is 5. The van der Waals surface area contributed by atoms with Crippen molar-refractivity contribution in [3.63, 3.8) is 0 Å². The molecule has 1 heterocycles. The Balaban J connectivity index is 1.38. The molecule has 1 aliphatic heterocycles. The highest BCUT2D eigenvalue weighted by Gasteiger charge is 2.67. The lowest BCUT2D eigenvalue weighted by Gasteiger charge is -2.64. The second-order valence-corrected chi connectivity index (χ2v) is 9.76. The number of aliphatic hydroxyl groups excluding tert-OH is 1. The van der Waals surface area contributed by atoms with E-state index in [0.717, 1.165) is 25.1 Å². The Morgan fingerprint density at radius 1 is 1.31 bits per heavy atom. The van der Waals surface area contributed by atoms with E-state index in [-0.39, 0.29) is 31.2 Å². The largest absolute Gasteiger partial charge is 0.465 e. The molecule has 0 amide bonds. The van der Waals surface area contributed by atoms with Gasteiger partial charge in [0.2, 0.25) is 0 Å². The van der Waals surface area contributed by atoms with Crippen LogP contribution in [0.3, 0.4) is 0 Å². The first kappa shape index (κ1) is 20.2. The second kappa shape index (κ2) is 7.44. The maximum absolute atomic E-state index is 11.7. The Kier molecular flexibility index (Phi) is 5.77. The quantitative estimate of drug-likeness (QED) is 0.527. The zero-order valence-electron chi connectivity index (χ0n) is 17.0. The van der Waals surface area contributed by atoms with Crippen LogP contribution in [0.5, 0.6) is 0 Å². The van der Waals surface area contributed by atoms with E-state index in [9.17, 15) is 9.90 Å². The molecule has 0 aromatic rings. The van der Waals surface area contributed by atoms with Gasteiger partial charge in [-0.3, -0.25) is 4.79 Å². The summed E-state index contributed by atoms with van der Waals surface area (Å²) in [6, 6.07) is 0. The third kappa shape index (κ3) is 3.83. The summed E-state index contributed by atoms with van der Waals surface area (Å²) in [5.41, 5.74) is 0.193. The van der Waals surface area contributed by atoms with Gasteiger partial charge in [0.25, 0.3) is 0 Å². The van der Waals surface area contributed by atoms with Crippen molar-refractivity contribution in [2.75, 3.05) is 6.61 Å². The van der Waals surface area contributed by atoms with Crippen molar-refractivity contribution in [2.45, 2.75) is 90.9 Å². The van der Waals surface area contributed by atoms with Crippen LogP contribution in [0.25, 0.3) is 0 Å². The predicted octanol–water partition coefficient (Wildman–Crippen LogP) is 3.45. The number of carbonyl (C=O) groups is 1. The molecule has 0 aromatic carbocycles. The summed E-state index contributed by atoms with van der Waals surface area (Å²) < 4.78 is 17.7. The molecule has 4 rings (SSSR count). The summed E-state index contributed by atoms with van der Waals surface area (Å²) in [7, 11) is -0.180. The zero-order valence-corrected chi connectivity index (χ0v) is 17.0. The average Bonchev–Trinajstić information content (AvgIpc) is 2.88. The molecule has 1 unspecified atom stereocenters. The summed E-state index contributed by atoms with van der Waals surface area (Å²) in [4.78, 5) is 11.7. The lowest BCUT2D eigenvalue weighted by molar-refractivity contribution is -0.199. The molecule has 5 atom stereocenters. The monoisotopic (exact) mass is 366 g/mol. The molecular weight excluding hydrogens is 331 g/mol. The van der Waals surface area contributed by atoms with Gasteiger partial charge in [0.1, 0.15) is 0 Å². The van der Waals surface area contributed by atoms with E-state index in [1.807, 2.05) is 13.8 Å². The molecule has 6 heteroatoms. The maximum Gasteiger partial charge on any atom is 0.457 e. The number of ether oxygens (including phenoxy) is 1. The van der Waals surface area contributed by atoms with Crippen LogP contribution in [0.4, 0.5) is 0 Å². The van der Waals surface area contributed by atoms with Crippen LogP contribution in [-0.4, -0.2) is 42.6 Å². The molecule has 1 saturated heterocycles. The Hall–Kier alpha value is -0.585. The smallest absolute Gasteiger partial charge is 0.457 e. The van der Waals surface area contributed by atoms with Gasteiger partial charge in [-0.25, -0.2) is 0 Å². The first-order valence-corrected chi connectivity index (χ1v) is 10.3. The molecular formula is C20H35BO5. The van der Waals surface area contributed by atoms with Gasteiger partial charge in [-0.1, -0.05) is 34.1 Å². The van der Waals surface area contributed by atoms with Crippen LogP contribution < -0.4 is 0 Å². The summed E-state index contributed by atoms with van der Waals surface area (Å²) in [5.74, 6) is 1.32. The first-order valence-electron chi connectivity index (χ1n) is 10.3. The third-order valence-corrected chi connectivity index (χ3v) is 6.96. The van der Waals surface area contributed by atoms with Crippen LogP contribution in [-0.2, 0) is 18.8 Å². The fourth-order valence-electron chi connectivity index (χ4n) is 5.21. The minimum Gasteiger partial charge on any atom is -0.465 e. The highest BCUT2D eigenvalue weighted by Crippen LogP contribution is 2.65. The van der Waals surface area contributed by atoms with Crippen molar-refractivity contribution < 1.29 is 23.9 Å². The maximum atomic E-state index is 11.7. The molecule has 148 valence electrons. The molecule has 3 aliphatic carbocycles. The number of esters is 1. The standard InChI is InChI=1S/C20H35BO5/c1-13(2)12-24-18(23)11-15(22)7-6-8-21-25-17-10-14-9-16(19(14,3)4)20(17,5)26-21/h13-17,22H,6-12H2,1-5H3/t14-,15?,16-,17+,20-/m0/s1. The van der Waals surface area contributed by atoms with Crippen molar-refractivity contribution >= 4 is 13.1 Å². The normalized spacial score (nSPS) is 35.8. The van der Waals surface area contributed by atoms with Gasteiger partial charge in [0.15, 0.2) is 0 Å². The van der Waals surface area contributed by atoms with Crippen LogP contribution in [0, 0.1) is 23.2 Å². The van der Waals surface area contributed by atoms with Crippen LogP contribution in [0.2, 0.25) is 6.32 Å². The van der Waals surface area contributed by atoms with Gasteiger partial charge < -0.3 is 19.2 Å². The van der Waals surface area contributed by atoms with Gasteiger partial charge >= 0.3 is 13.1 Å². The Labute approximate surface area is 158 Å². The van der Waals surface area contributed by atoms with E-state index in [2.05, 4.69) is 20.8 Å². The molecule has 4 fully saturated rings. The summed E-state index contributed by atoms with van der Waals surface area (Å²) in [6.45, 7) is 11.3. The van der Waals surface area contributed by atoms with Crippen LogP contribution in [0.1, 0.15) is 66.7 Å². The molecule has 1 N–H and O–H groups in total. The van der Waals surface area contributed by atoms with Crippen molar-refractivity contribution in [1.29, 1.82) is 0 Å². The average molecular weight is 366 g/mol. The number of rotatable bonds is 8. The Bertz CT molecular complexity index is 522. The summed E-state index contributed by atoms with van der Waals surface area (Å²) in [5, 5.41) is 10.1. The second-order valence-electron chi connectivity index (χ2n) is 9.76. The van der Waals surface area contributed by atoms with Crippen molar-refractivity contribution in [3.8, 4) is 0 Å². The minimum atomic E-state index is -0.652. The van der Waals surface area contributed by atoms with E-state index in [4.69, 9.17) is 14.0 Å². The van der Waals surface area contributed by atoms with Crippen molar-refractivity contribution in [2.24, 2.45) is 23.2 Å². The van der Waals surface area contributed by atoms with Crippen molar-refractivity contribution in [3.05, 3.63) is 0 Å².